The van der Waals surface area contributed by atoms with Gasteiger partial charge in [0.2, 0.25) is 0 Å². The summed E-state index contributed by atoms with van der Waals surface area (Å²) in [7, 11) is 0. The molecule has 4 heteroatoms. The first kappa shape index (κ1) is 8.13. The molecular formula is C9H6ClNO2. The van der Waals surface area contributed by atoms with Crippen LogP contribution in [0.3, 0.4) is 0 Å². The third kappa shape index (κ3) is 1.17. The average Bonchev–Trinajstić information content (AvgIpc) is 2.50. The monoisotopic (exact) mass is 195 g/mol. The van der Waals surface area contributed by atoms with Crippen molar-refractivity contribution in [1.82, 2.24) is 4.98 Å². The van der Waals surface area contributed by atoms with E-state index in [9.17, 15) is 4.79 Å². The fourth-order valence-corrected chi connectivity index (χ4v) is 1.57. The first-order valence-electron chi connectivity index (χ1n) is 3.69. The number of aromatic nitrogens is 1. The van der Waals surface area contributed by atoms with Crippen LogP contribution in [0.15, 0.2) is 24.4 Å². The van der Waals surface area contributed by atoms with E-state index in [-0.39, 0.29) is 10.6 Å². The van der Waals surface area contributed by atoms with Crippen molar-refractivity contribution in [2.24, 2.45) is 0 Å². The number of carboxylic acid groups (broad SMARTS) is 1. The summed E-state index contributed by atoms with van der Waals surface area (Å²) in [6.07, 6.45) is 1.69. The summed E-state index contributed by atoms with van der Waals surface area (Å²) in [6, 6.07) is 5.03. The van der Waals surface area contributed by atoms with E-state index in [1.54, 1.807) is 24.4 Å². The van der Waals surface area contributed by atoms with Crippen LogP contribution in [-0.4, -0.2) is 16.1 Å². The van der Waals surface area contributed by atoms with Crippen LogP contribution in [0.1, 0.15) is 10.4 Å². The van der Waals surface area contributed by atoms with Gasteiger partial charge in [0.1, 0.15) is 0 Å². The predicted octanol–water partition coefficient (Wildman–Crippen LogP) is 2.52. The highest BCUT2D eigenvalue weighted by atomic mass is 35.5. The minimum Gasteiger partial charge on any atom is -0.478 e. The van der Waals surface area contributed by atoms with Crippen molar-refractivity contribution in [3.05, 3.63) is 35.0 Å². The van der Waals surface area contributed by atoms with Gasteiger partial charge in [-0.3, -0.25) is 0 Å². The zero-order valence-electron chi connectivity index (χ0n) is 6.54. The highest BCUT2D eigenvalue weighted by molar-refractivity contribution is 6.35. The maximum atomic E-state index is 10.8. The van der Waals surface area contributed by atoms with E-state index in [0.717, 1.165) is 5.52 Å². The van der Waals surface area contributed by atoms with E-state index in [1.807, 2.05) is 0 Å². The Bertz CT molecular complexity index is 475. The molecule has 0 spiro atoms. The molecule has 2 N–H and O–H groups in total. The van der Waals surface area contributed by atoms with Gasteiger partial charge in [0.25, 0.3) is 0 Å². The molecule has 0 aliphatic heterocycles. The van der Waals surface area contributed by atoms with Crippen molar-refractivity contribution in [3.8, 4) is 0 Å². The zero-order chi connectivity index (χ0) is 9.42. The Morgan fingerprint density at radius 3 is 2.85 bits per heavy atom. The number of carbonyl (C=O) groups is 1. The number of aromatic amines is 1. The van der Waals surface area contributed by atoms with Gasteiger partial charge >= 0.3 is 5.97 Å². The lowest BCUT2D eigenvalue weighted by atomic mass is 10.1. The zero-order valence-corrected chi connectivity index (χ0v) is 7.30. The number of hydrogen-bond acceptors (Lipinski definition) is 1. The van der Waals surface area contributed by atoms with Gasteiger partial charge in [-0.15, -0.1) is 0 Å². The number of rotatable bonds is 1. The summed E-state index contributed by atoms with van der Waals surface area (Å²) in [5.74, 6) is -1.00. The molecule has 0 unspecified atom stereocenters. The highest BCUT2D eigenvalue weighted by Crippen LogP contribution is 2.25. The molecule has 2 aromatic rings. The Balaban J connectivity index is 2.88. The molecule has 0 aliphatic rings. The lowest BCUT2D eigenvalue weighted by Crippen LogP contribution is -1.97. The molecule has 0 radical (unpaired) electrons. The molecule has 13 heavy (non-hydrogen) atoms. The molecule has 0 saturated heterocycles. The predicted molar refractivity (Wildman–Crippen MR) is 50.3 cm³/mol. The van der Waals surface area contributed by atoms with E-state index < -0.39 is 5.97 Å². The molecule has 1 aromatic heterocycles. The van der Waals surface area contributed by atoms with Gasteiger partial charge in [0.15, 0.2) is 0 Å². The van der Waals surface area contributed by atoms with Gasteiger partial charge in [-0.1, -0.05) is 11.6 Å². The topological polar surface area (TPSA) is 53.1 Å². The first-order chi connectivity index (χ1) is 6.20. The van der Waals surface area contributed by atoms with Crippen molar-refractivity contribution in [3.63, 3.8) is 0 Å². The second-order valence-corrected chi connectivity index (χ2v) is 3.07. The third-order valence-electron chi connectivity index (χ3n) is 1.90. The van der Waals surface area contributed by atoms with E-state index in [1.165, 1.54) is 0 Å². The molecule has 3 nitrogen and oxygen atoms in total. The van der Waals surface area contributed by atoms with Gasteiger partial charge in [-0.25, -0.2) is 4.79 Å². The van der Waals surface area contributed by atoms with Gasteiger partial charge in [0.05, 0.1) is 10.6 Å². The highest BCUT2D eigenvalue weighted by Gasteiger charge is 2.12. The van der Waals surface area contributed by atoms with Gasteiger partial charge in [-0.05, 0) is 18.2 Å². The van der Waals surface area contributed by atoms with E-state index in [2.05, 4.69) is 4.98 Å². The van der Waals surface area contributed by atoms with Gasteiger partial charge in [-0.2, -0.15) is 0 Å². The summed E-state index contributed by atoms with van der Waals surface area (Å²) in [6.45, 7) is 0. The van der Waals surface area contributed by atoms with Crippen LogP contribution in [0.2, 0.25) is 5.02 Å². The number of fused-ring (bicyclic) bond motifs is 1. The smallest absolute Gasteiger partial charge is 0.337 e. The lowest BCUT2D eigenvalue weighted by Gasteiger charge is -1.99. The van der Waals surface area contributed by atoms with Gasteiger partial charge in [0, 0.05) is 17.1 Å². The lowest BCUT2D eigenvalue weighted by molar-refractivity contribution is 0.0699. The Labute approximate surface area is 78.9 Å². The molecule has 0 atom stereocenters. The standard InChI is InChI=1S/C9H6ClNO2/c10-6-1-2-7-5(3-4-11-7)8(6)9(12)13/h1-4,11H,(H,12,13). The fraction of sp³-hybridized carbons (Fsp3) is 0. The molecule has 2 rings (SSSR count). The molecular weight excluding hydrogens is 190 g/mol. The maximum Gasteiger partial charge on any atom is 0.337 e. The second kappa shape index (κ2) is 2.78. The number of carboxylic acids is 1. The molecule has 1 aromatic carbocycles. The molecule has 0 fully saturated rings. The summed E-state index contributed by atoms with van der Waals surface area (Å²) >= 11 is 5.76. The van der Waals surface area contributed by atoms with Crippen molar-refractivity contribution < 1.29 is 9.90 Å². The van der Waals surface area contributed by atoms with Crippen molar-refractivity contribution in [1.29, 1.82) is 0 Å². The number of nitrogens with one attached hydrogen (secondary N) is 1. The molecule has 66 valence electrons. The number of halogens is 1. The maximum absolute atomic E-state index is 10.8. The average molecular weight is 196 g/mol. The third-order valence-corrected chi connectivity index (χ3v) is 2.21. The minimum atomic E-state index is -1.00. The first-order valence-corrected chi connectivity index (χ1v) is 4.07. The summed E-state index contributed by atoms with van der Waals surface area (Å²) in [5.41, 5.74) is 0.933. The Kier molecular flexibility index (Phi) is 1.74. The quantitative estimate of drug-likeness (QED) is 0.735. The Hall–Kier alpha value is -1.48. The number of benzene rings is 1. The van der Waals surface area contributed by atoms with Crippen LogP contribution in [0.5, 0.6) is 0 Å². The number of H-pyrrole nitrogens is 1. The normalized spacial score (nSPS) is 10.5. The van der Waals surface area contributed by atoms with E-state index in [4.69, 9.17) is 16.7 Å². The molecule has 0 saturated carbocycles. The Morgan fingerprint density at radius 2 is 2.15 bits per heavy atom. The van der Waals surface area contributed by atoms with E-state index in [0.29, 0.717) is 5.39 Å². The molecule has 0 aliphatic carbocycles. The van der Waals surface area contributed by atoms with Crippen molar-refractivity contribution in [2.75, 3.05) is 0 Å². The largest absolute Gasteiger partial charge is 0.478 e. The summed E-state index contributed by atoms with van der Waals surface area (Å²) < 4.78 is 0. The van der Waals surface area contributed by atoms with E-state index >= 15 is 0 Å². The van der Waals surface area contributed by atoms with Gasteiger partial charge < -0.3 is 10.1 Å². The summed E-state index contributed by atoms with van der Waals surface area (Å²) in [5, 5.41) is 9.79. The van der Waals surface area contributed by atoms with Crippen molar-refractivity contribution >= 4 is 28.5 Å². The SMILES string of the molecule is O=C(O)c1c(Cl)ccc2[nH]ccc12. The second-order valence-electron chi connectivity index (χ2n) is 2.67. The minimum absolute atomic E-state index is 0.153. The van der Waals surface area contributed by atoms with Crippen LogP contribution < -0.4 is 0 Å². The fourth-order valence-electron chi connectivity index (χ4n) is 1.32. The van der Waals surface area contributed by atoms with Crippen LogP contribution in [0, 0.1) is 0 Å². The molecule has 0 bridgehead atoms. The van der Waals surface area contributed by atoms with Crippen LogP contribution in [0.4, 0.5) is 0 Å². The van der Waals surface area contributed by atoms with Crippen LogP contribution in [-0.2, 0) is 0 Å². The van der Waals surface area contributed by atoms with Crippen molar-refractivity contribution in [2.45, 2.75) is 0 Å². The molecule has 0 amide bonds. The van der Waals surface area contributed by atoms with Crippen LogP contribution in [0.25, 0.3) is 10.9 Å². The Morgan fingerprint density at radius 1 is 1.38 bits per heavy atom. The molecule has 1 heterocycles. The summed E-state index contributed by atoms with van der Waals surface area (Å²) in [4.78, 5) is 13.8. The number of hydrogen-bond donors (Lipinski definition) is 2. The number of aromatic carboxylic acids is 1. The van der Waals surface area contributed by atoms with Crippen LogP contribution >= 0.6 is 11.6 Å².